The zero-order valence-electron chi connectivity index (χ0n) is 10.9. The van der Waals surface area contributed by atoms with Gasteiger partial charge in [0.2, 0.25) is 10.0 Å². The Morgan fingerprint density at radius 2 is 1.89 bits per heavy atom. The molecule has 0 heterocycles. The lowest BCUT2D eigenvalue weighted by molar-refractivity contribution is 0.562. The Morgan fingerprint density at radius 1 is 1.28 bits per heavy atom. The molecule has 0 bridgehead atoms. The highest BCUT2D eigenvalue weighted by molar-refractivity contribution is 7.89. The molecule has 1 atom stereocenters. The van der Waals surface area contributed by atoms with E-state index in [4.69, 9.17) is 5.73 Å². The van der Waals surface area contributed by atoms with Crippen molar-refractivity contribution in [1.29, 1.82) is 0 Å². The fourth-order valence-corrected chi connectivity index (χ4v) is 2.73. The van der Waals surface area contributed by atoms with Crippen molar-refractivity contribution in [2.75, 3.05) is 6.54 Å². The Labute approximate surface area is 115 Å². The normalized spacial score (nSPS) is 13.2. The van der Waals surface area contributed by atoms with Crippen molar-refractivity contribution in [3.05, 3.63) is 29.8 Å². The zero-order chi connectivity index (χ0) is 13.1. The zero-order valence-corrected chi connectivity index (χ0v) is 12.5. The maximum Gasteiger partial charge on any atom is 0.240 e. The summed E-state index contributed by atoms with van der Waals surface area (Å²) in [5, 5.41) is 0. The number of halogens is 1. The van der Waals surface area contributed by atoms with Crippen LogP contribution in [0.5, 0.6) is 0 Å². The highest BCUT2D eigenvalue weighted by Gasteiger charge is 2.17. The van der Waals surface area contributed by atoms with Crippen LogP contribution in [0, 0.1) is 0 Å². The number of benzene rings is 1. The van der Waals surface area contributed by atoms with E-state index in [1.165, 1.54) is 0 Å². The van der Waals surface area contributed by atoms with Crippen LogP contribution < -0.4 is 10.5 Å². The summed E-state index contributed by atoms with van der Waals surface area (Å²) in [6.45, 7) is 6.08. The molecule has 0 aliphatic heterocycles. The summed E-state index contributed by atoms with van der Waals surface area (Å²) in [6.07, 6.45) is 0. The van der Waals surface area contributed by atoms with Crippen LogP contribution in [0.3, 0.4) is 0 Å². The Balaban J connectivity index is 0.00000289. The van der Waals surface area contributed by atoms with Crippen LogP contribution in [-0.2, 0) is 10.0 Å². The van der Waals surface area contributed by atoms with Gasteiger partial charge >= 0.3 is 0 Å². The van der Waals surface area contributed by atoms with Gasteiger partial charge in [0.15, 0.2) is 0 Å². The van der Waals surface area contributed by atoms with E-state index in [1.807, 2.05) is 19.9 Å². The maximum atomic E-state index is 12.0. The van der Waals surface area contributed by atoms with Crippen molar-refractivity contribution in [2.45, 2.75) is 37.6 Å². The van der Waals surface area contributed by atoms with E-state index >= 15 is 0 Å². The number of hydrogen-bond donors (Lipinski definition) is 2. The van der Waals surface area contributed by atoms with Crippen molar-refractivity contribution < 1.29 is 8.42 Å². The Hall–Kier alpha value is -0.620. The van der Waals surface area contributed by atoms with Crippen LogP contribution in [0.2, 0.25) is 0 Å². The predicted octanol–water partition coefficient (Wildman–Crippen LogP) is 1.86. The second-order valence-electron chi connectivity index (χ2n) is 4.49. The molecule has 0 saturated heterocycles. The van der Waals surface area contributed by atoms with Crippen LogP contribution in [0.4, 0.5) is 0 Å². The van der Waals surface area contributed by atoms with Gasteiger partial charge in [-0.3, -0.25) is 0 Å². The number of sulfonamides is 1. The predicted molar refractivity (Wildman–Crippen MR) is 76.6 cm³/mol. The second kappa shape index (κ2) is 7.09. The lowest BCUT2D eigenvalue weighted by atomic mass is 10.0. The van der Waals surface area contributed by atoms with Gasteiger partial charge in [0.25, 0.3) is 0 Å². The third-order valence-electron chi connectivity index (χ3n) is 2.54. The van der Waals surface area contributed by atoms with E-state index in [0.717, 1.165) is 5.56 Å². The van der Waals surface area contributed by atoms with E-state index in [1.54, 1.807) is 25.1 Å². The van der Waals surface area contributed by atoms with Gasteiger partial charge < -0.3 is 5.73 Å². The van der Waals surface area contributed by atoms with Gasteiger partial charge in [-0.15, -0.1) is 12.4 Å². The van der Waals surface area contributed by atoms with Gasteiger partial charge in [0.1, 0.15) is 0 Å². The molecule has 0 aliphatic carbocycles. The van der Waals surface area contributed by atoms with Crippen LogP contribution in [0.1, 0.15) is 32.3 Å². The van der Waals surface area contributed by atoms with Crippen molar-refractivity contribution >= 4 is 22.4 Å². The Morgan fingerprint density at radius 3 is 2.39 bits per heavy atom. The largest absolute Gasteiger partial charge is 0.329 e. The summed E-state index contributed by atoms with van der Waals surface area (Å²) < 4.78 is 26.6. The van der Waals surface area contributed by atoms with Gasteiger partial charge in [-0.2, -0.15) is 0 Å². The molecule has 0 spiro atoms. The van der Waals surface area contributed by atoms with Crippen LogP contribution in [0.25, 0.3) is 0 Å². The Bertz CT molecular complexity index is 475. The molecule has 104 valence electrons. The monoisotopic (exact) mass is 292 g/mol. The van der Waals surface area contributed by atoms with Gasteiger partial charge in [0, 0.05) is 12.6 Å². The molecule has 0 aliphatic rings. The summed E-state index contributed by atoms with van der Waals surface area (Å²) in [5.41, 5.74) is 6.42. The molecular weight excluding hydrogens is 272 g/mol. The molecule has 18 heavy (non-hydrogen) atoms. The van der Waals surface area contributed by atoms with E-state index < -0.39 is 10.0 Å². The minimum Gasteiger partial charge on any atom is -0.329 e. The van der Waals surface area contributed by atoms with Crippen molar-refractivity contribution in [1.82, 2.24) is 4.72 Å². The smallest absolute Gasteiger partial charge is 0.240 e. The van der Waals surface area contributed by atoms with E-state index in [0.29, 0.717) is 10.8 Å². The minimum atomic E-state index is -3.46. The first-order valence-corrected chi connectivity index (χ1v) is 7.17. The quantitative estimate of drug-likeness (QED) is 0.870. The lowest BCUT2D eigenvalue weighted by Gasteiger charge is -2.13. The molecule has 1 aromatic rings. The minimum absolute atomic E-state index is 0. The van der Waals surface area contributed by atoms with Gasteiger partial charge in [-0.25, -0.2) is 13.1 Å². The molecule has 3 N–H and O–H groups in total. The average molecular weight is 293 g/mol. The van der Waals surface area contributed by atoms with Crippen LogP contribution in [-0.4, -0.2) is 21.0 Å². The van der Waals surface area contributed by atoms with Crippen molar-refractivity contribution in [3.8, 4) is 0 Å². The molecule has 4 nitrogen and oxygen atoms in total. The highest BCUT2D eigenvalue weighted by atomic mass is 35.5. The molecule has 6 heteroatoms. The molecule has 0 amide bonds. The van der Waals surface area contributed by atoms with E-state index in [9.17, 15) is 8.42 Å². The first kappa shape index (κ1) is 17.4. The third-order valence-corrected chi connectivity index (χ3v) is 4.13. The molecular formula is C12H21ClN2O2S. The molecule has 1 aromatic carbocycles. The molecule has 0 saturated carbocycles. The number of hydrogen-bond acceptors (Lipinski definition) is 3. The first-order valence-electron chi connectivity index (χ1n) is 5.69. The van der Waals surface area contributed by atoms with Gasteiger partial charge in [0.05, 0.1) is 4.90 Å². The number of nitrogens with one attached hydrogen (secondary N) is 1. The molecule has 0 unspecified atom stereocenters. The van der Waals surface area contributed by atoms with Crippen molar-refractivity contribution in [3.63, 3.8) is 0 Å². The van der Waals surface area contributed by atoms with Gasteiger partial charge in [-0.1, -0.05) is 26.0 Å². The standard InChI is InChI=1S/C12H20N2O2S.ClH/c1-9(2)11-5-4-6-12(7-11)17(15,16)14-10(3)8-13;/h4-7,9-10,14H,8,13H2,1-3H3;1H/t10-;/m0./s1. The maximum absolute atomic E-state index is 12.0. The van der Waals surface area contributed by atoms with Crippen molar-refractivity contribution in [2.24, 2.45) is 5.73 Å². The molecule has 0 aromatic heterocycles. The summed E-state index contributed by atoms with van der Waals surface area (Å²) >= 11 is 0. The SMILES string of the molecule is CC(C)c1cccc(S(=O)(=O)N[C@@H](C)CN)c1.Cl. The summed E-state index contributed by atoms with van der Waals surface area (Å²) in [5.74, 6) is 0.303. The average Bonchev–Trinajstić information content (AvgIpc) is 2.28. The third kappa shape index (κ3) is 4.57. The van der Waals surface area contributed by atoms with E-state index in [-0.39, 0.29) is 25.0 Å². The molecule has 0 fully saturated rings. The summed E-state index contributed by atoms with van der Waals surface area (Å²) in [4.78, 5) is 0.295. The van der Waals surface area contributed by atoms with Crippen LogP contribution in [0.15, 0.2) is 29.2 Å². The lowest BCUT2D eigenvalue weighted by Crippen LogP contribution is -2.37. The number of rotatable bonds is 5. The van der Waals surface area contributed by atoms with E-state index in [2.05, 4.69) is 4.72 Å². The summed E-state index contributed by atoms with van der Waals surface area (Å²) in [6, 6.07) is 6.73. The topological polar surface area (TPSA) is 72.2 Å². The van der Waals surface area contributed by atoms with Gasteiger partial charge in [-0.05, 0) is 30.5 Å². The van der Waals surface area contributed by atoms with Crippen LogP contribution >= 0.6 is 12.4 Å². The fourth-order valence-electron chi connectivity index (χ4n) is 1.42. The summed E-state index contributed by atoms with van der Waals surface area (Å²) in [7, 11) is -3.46. The highest BCUT2D eigenvalue weighted by Crippen LogP contribution is 2.18. The fraction of sp³-hybridized carbons (Fsp3) is 0.500. The molecule has 0 radical (unpaired) electrons. The number of nitrogens with two attached hydrogens (primary N) is 1. The second-order valence-corrected chi connectivity index (χ2v) is 6.20. The molecule has 1 rings (SSSR count). The first-order chi connectivity index (χ1) is 7.86. The Kier molecular flexibility index (Phi) is 6.84.